The van der Waals surface area contributed by atoms with Crippen LogP contribution in [-0.4, -0.2) is 22.0 Å². The largest absolute Gasteiger partial charge is 0.321 e. The van der Waals surface area contributed by atoms with Crippen LogP contribution in [0.5, 0.6) is 0 Å². The van der Waals surface area contributed by atoms with Gasteiger partial charge in [0.25, 0.3) is 11.8 Å². The fourth-order valence-corrected chi connectivity index (χ4v) is 3.35. The van der Waals surface area contributed by atoms with Crippen LogP contribution in [0.15, 0.2) is 60.7 Å². The molecule has 3 rings (SSSR count). The maximum atomic E-state index is 12.9. The van der Waals surface area contributed by atoms with Crippen LogP contribution in [-0.2, 0) is 4.79 Å². The van der Waals surface area contributed by atoms with E-state index in [2.05, 4.69) is 10.3 Å². The molecule has 0 unspecified atom stereocenters. The first-order chi connectivity index (χ1) is 13.1. The van der Waals surface area contributed by atoms with E-state index in [0.717, 1.165) is 10.6 Å². The molecule has 2 aromatic carbocycles. The second kappa shape index (κ2) is 8.39. The van der Waals surface area contributed by atoms with E-state index in [1.807, 2.05) is 37.3 Å². The van der Waals surface area contributed by atoms with Crippen molar-refractivity contribution in [2.75, 3.05) is 5.32 Å². The molecule has 0 spiro atoms. The van der Waals surface area contributed by atoms with Gasteiger partial charge in [0.2, 0.25) is 0 Å². The first-order valence-electron chi connectivity index (χ1n) is 8.14. The zero-order chi connectivity index (χ0) is 19.2. The van der Waals surface area contributed by atoms with Gasteiger partial charge in [-0.3, -0.25) is 14.8 Å². The lowest BCUT2D eigenvalue weighted by Crippen LogP contribution is -2.15. The fraction of sp³-hybridized carbons (Fsp3) is 0.0500. The van der Waals surface area contributed by atoms with Gasteiger partial charge in [-0.05, 0) is 24.6 Å². The zero-order valence-electron chi connectivity index (χ0n) is 14.5. The van der Waals surface area contributed by atoms with E-state index in [4.69, 9.17) is 5.21 Å². The second-order valence-electron chi connectivity index (χ2n) is 5.63. The van der Waals surface area contributed by atoms with Crippen LogP contribution < -0.4 is 10.8 Å². The molecule has 0 saturated carbocycles. The molecule has 27 heavy (non-hydrogen) atoms. The van der Waals surface area contributed by atoms with Gasteiger partial charge in [0.1, 0.15) is 4.88 Å². The lowest BCUT2D eigenvalue weighted by atomic mass is 10.1. The molecule has 0 fully saturated rings. The van der Waals surface area contributed by atoms with E-state index >= 15 is 0 Å². The quantitative estimate of drug-likeness (QED) is 0.356. The normalized spacial score (nSPS) is 10.7. The average molecular weight is 379 g/mol. The fourth-order valence-electron chi connectivity index (χ4n) is 2.51. The van der Waals surface area contributed by atoms with Crippen molar-refractivity contribution in [1.29, 1.82) is 0 Å². The van der Waals surface area contributed by atoms with Crippen LogP contribution in [0.3, 0.4) is 0 Å². The third-order valence-electron chi connectivity index (χ3n) is 3.72. The van der Waals surface area contributed by atoms with Gasteiger partial charge in [0.05, 0.1) is 10.7 Å². The number of thiazole rings is 1. The molecule has 0 aliphatic carbocycles. The third-order valence-corrected chi connectivity index (χ3v) is 4.69. The highest BCUT2D eigenvalue weighted by Gasteiger charge is 2.18. The molecule has 0 atom stereocenters. The summed E-state index contributed by atoms with van der Waals surface area (Å²) in [4.78, 5) is 29.1. The van der Waals surface area contributed by atoms with E-state index in [0.29, 0.717) is 21.8 Å². The van der Waals surface area contributed by atoms with Gasteiger partial charge < -0.3 is 5.32 Å². The molecule has 1 heterocycles. The first-order valence-corrected chi connectivity index (χ1v) is 8.95. The van der Waals surface area contributed by atoms with Crippen molar-refractivity contribution in [2.45, 2.75) is 6.92 Å². The number of para-hydroxylation sites is 1. The summed E-state index contributed by atoms with van der Waals surface area (Å²) in [6.07, 6.45) is 2.69. The van der Waals surface area contributed by atoms with E-state index in [9.17, 15) is 9.59 Å². The van der Waals surface area contributed by atoms with Crippen LogP contribution in [0.2, 0.25) is 0 Å². The predicted molar refractivity (Wildman–Crippen MR) is 106 cm³/mol. The van der Waals surface area contributed by atoms with Crippen molar-refractivity contribution in [3.63, 3.8) is 0 Å². The van der Waals surface area contributed by atoms with Crippen LogP contribution >= 0.6 is 11.3 Å². The highest BCUT2D eigenvalue weighted by molar-refractivity contribution is 7.14. The minimum atomic E-state index is -0.652. The summed E-state index contributed by atoms with van der Waals surface area (Å²) in [7, 11) is 0. The zero-order valence-corrected chi connectivity index (χ0v) is 15.3. The van der Waals surface area contributed by atoms with Crippen LogP contribution in [0, 0.1) is 6.92 Å². The second-order valence-corrected chi connectivity index (χ2v) is 6.83. The van der Waals surface area contributed by atoms with E-state index in [-0.39, 0.29) is 5.91 Å². The summed E-state index contributed by atoms with van der Waals surface area (Å²) in [5, 5.41) is 12.3. The molecule has 0 aliphatic heterocycles. The highest BCUT2D eigenvalue weighted by atomic mass is 32.1. The Kier molecular flexibility index (Phi) is 5.75. The molecule has 7 heteroatoms. The average Bonchev–Trinajstić information content (AvgIpc) is 3.09. The molecular formula is C20H17N3O3S. The van der Waals surface area contributed by atoms with Crippen molar-refractivity contribution in [2.24, 2.45) is 0 Å². The topological polar surface area (TPSA) is 91.3 Å². The van der Waals surface area contributed by atoms with Gasteiger partial charge in [-0.1, -0.05) is 48.5 Å². The summed E-state index contributed by atoms with van der Waals surface area (Å²) >= 11 is 1.33. The Labute approximate surface area is 160 Å². The van der Waals surface area contributed by atoms with Crippen LogP contribution in [0.1, 0.15) is 20.2 Å². The molecule has 0 bridgehead atoms. The number of hydrogen-bond donors (Lipinski definition) is 3. The number of rotatable bonds is 5. The molecule has 0 saturated heterocycles. The molecule has 0 aliphatic rings. The Morgan fingerprint density at radius 1 is 1.07 bits per heavy atom. The number of nitrogens with one attached hydrogen (secondary N) is 2. The van der Waals surface area contributed by atoms with Gasteiger partial charge in [0.15, 0.2) is 0 Å². The Balaban J connectivity index is 1.90. The van der Waals surface area contributed by atoms with Crippen molar-refractivity contribution in [3.05, 3.63) is 76.1 Å². The maximum Gasteiger partial charge on any atom is 0.268 e. The number of nitrogens with zero attached hydrogens (tertiary/aromatic N) is 1. The van der Waals surface area contributed by atoms with E-state index < -0.39 is 5.91 Å². The number of aromatic nitrogens is 1. The van der Waals surface area contributed by atoms with Gasteiger partial charge in [0, 0.05) is 17.3 Å². The van der Waals surface area contributed by atoms with Gasteiger partial charge >= 0.3 is 0 Å². The van der Waals surface area contributed by atoms with Crippen LogP contribution in [0.25, 0.3) is 17.3 Å². The summed E-state index contributed by atoms with van der Waals surface area (Å²) < 4.78 is 0. The number of hydroxylamine groups is 1. The number of anilines is 1. The maximum absolute atomic E-state index is 12.9. The van der Waals surface area contributed by atoms with Crippen molar-refractivity contribution < 1.29 is 14.8 Å². The van der Waals surface area contributed by atoms with Crippen molar-refractivity contribution in [1.82, 2.24) is 10.5 Å². The molecule has 0 radical (unpaired) electrons. The number of benzene rings is 2. The molecule has 3 aromatic rings. The Morgan fingerprint density at radius 2 is 1.78 bits per heavy atom. The standard InChI is InChI=1S/C20H17N3O3S/c1-13-21-18(15-8-3-2-4-9-15)19(27-13)20(25)22-16-10-6-5-7-14(16)11-12-17(24)23-26/h2-12,26H,1H3,(H,22,25)(H,23,24)/b12-11+. The minimum absolute atomic E-state index is 0.271. The molecule has 1 aromatic heterocycles. The lowest BCUT2D eigenvalue weighted by Gasteiger charge is -2.08. The van der Waals surface area contributed by atoms with Gasteiger partial charge in [-0.2, -0.15) is 0 Å². The smallest absolute Gasteiger partial charge is 0.268 e. The Bertz CT molecular complexity index is 997. The van der Waals surface area contributed by atoms with Gasteiger partial charge in [-0.15, -0.1) is 11.3 Å². The lowest BCUT2D eigenvalue weighted by molar-refractivity contribution is -0.124. The number of amides is 2. The van der Waals surface area contributed by atoms with Crippen molar-refractivity contribution in [3.8, 4) is 11.3 Å². The van der Waals surface area contributed by atoms with E-state index in [1.54, 1.807) is 24.3 Å². The summed E-state index contributed by atoms with van der Waals surface area (Å²) in [5.74, 6) is -0.924. The molecule has 2 amide bonds. The Morgan fingerprint density at radius 3 is 2.52 bits per heavy atom. The third kappa shape index (κ3) is 4.46. The number of carbonyl (C=O) groups excluding carboxylic acids is 2. The number of hydrogen-bond acceptors (Lipinski definition) is 5. The molecule has 136 valence electrons. The highest BCUT2D eigenvalue weighted by Crippen LogP contribution is 2.29. The number of carbonyl (C=O) groups is 2. The molecule has 6 nitrogen and oxygen atoms in total. The first kappa shape index (κ1) is 18.5. The van der Waals surface area contributed by atoms with Crippen molar-refractivity contribution >= 4 is 34.9 Å². The summed E-state index contributed by atoms with van der Waals surface area (Å²) in [6.45, 7) is 1.86. The van der Waals surface area contributed by atoms with E-state index in [1.165, 1.54) is 29.0 Å². The van der Waals surface area contributed by atoms with Gasteiger partial charge in [-0.25, -0.2) is 10.5 Å². The molecule has 3 N–H and O–H groups in total. The van der Waals surface area contributed by atoms with Crippen LogP contribution in [0.4, 0.5) is 5.69 Å². The SMILES string of the molecule is Cc1nc(-c2ccccc2)c(C(=O)Nc2ccccc2/C=C/C(=O)NO)s1. The Hall–Kier alpha value is -3.29. The summed E-state index contributed by atoms with van der Waals surface area (Å²) in [5.41, 5.74) is 4.23. The predicted octanol–water partition coefficient (Wildman–Crippen LogP) is 3.89. The monoisotopic (exact) mass is 379 g/mol. The minimum Gasteiger partial charge on any atom is -0.321 e. The molecular weight excluding hydrogens is 362 g/mol. The number of aryl methyl sites for hydroxylation is 1. The summed E-state index contributed by atoms with van der Waals surface area (Å²) in [6, 6.07) is 16.6.